The SMILES string of the molecule is C=CC(=C)CC[C@]1(O)[C@](C)(O)CC[C@H]2C(C)(C)CCC(=O)[C@]21C. The van der Waals surface area contributed by atoms with Gasteiger partial charge in [0.1, 0.15) is 11.4 Å². The van der Waals surface area contributed by atoms with Crippen LogP contribution in [-0.2, 0) is 4.79 Å². The Morgan fingerprint density at radius 1 is 1.26 bits per heavy atom. The quantitative estimate of drug-likeness (QED) is 0.775. The first-order chi connectivity index (χ1) is 10.4. The molecule has 0 saturated heterocycles. The lowest BCUT2D eigenvalue weighted by molar-refractivity contribution is -0.261. The van der Waals surface area contributed by atoms with Crippen LogP contribution < -0.4 is 0 Å². The Balaban J connectivity index is 2.51. The lowest BCUT2D eigenvalue weighted by Crippen LogP contribution is -2.72. The Labute approximate surface area is 140 Å². The Morgan fingerprint density at radius 2 is 1.87 bits per heavy atom. The summed E-state index contributed by atoms with van der Waals surface area (Å²) in [6.45, 7) is 15.6. The average molecular weight is 320 g/mol. The highest BCUT2D eigenvalue weighted by Crippen LogP contribution is 2.63. The van der Waals surface area contributed by atoms with Crippen LogP contribution in [0.25, 0.3) is 0 Å². The molecule has 0 aromatic heterocycles. The predicted molar refractivity (Wildman–Crippen MR) is 93.0 cm³/mol. The Morgan fingerprint density at radius 3 is 2.43 bits per heavy atom. The van der Waals surface area contributed by atoms with Crippen LogP contribution in [0.1, 0.15) is 66.2 Å². The summed E-state index contributed by atoms with van der Waals surface area (Å²) >= 11 is 0. The molecule has 0 aromatic carbocycles. The van der Waals surface area contributed by atoms with Crippen molar-refractivity contribution in [1.29, 1.82) is 0 Å². The van der Waals surface area contributed by atoms with Crippen LogP contribution in [-0.4, -0.2) is 27.2 Å². The van der Waals surface area contributed by atoms with Crippen molar-refractivity contribution in [1.82, 2.24) is 0 Å². The first-order valence-corrected chi connectivity index (χ1v) is 8.71. The van der Waals surface area contributed by atoms with Crippen LogP contribution in [0.5, 0.6) is 0 Å². The normalized spacial score (nSPS) is 42.9. The molecule has 0 heterocycles. The minimum Gasteiger partial charge on any atom is -0.387 e. The van der Waals surface area contributed by atoms with Gasteiger partial charge < -0.3 is 10.2 Å². The summed E-state index contributed by atoms with van der Waals surface area (Å²) in [6.07, 6.45) is 5.15. The number of carbonyl (C=O) groups excluding carboxylic acids is 1. The standard InChI is InChI=1S/C20H32O3/c1-7-14(2)8-13-20(23)18(5,22)12-9-15-17(3,4)11-10-16(21)19(15,20)6/h7,15,22-23H,1-2,8-13H2,3-6H3/t15-,18+,19-,20-/m0/s1. The Hall–Kier alpha value is -0.930. The highest BCUT2D eigenvalue weighted by atomic mass is 16.4. The van der Waals surface area contributed by atoms with Gasteiger partial charge in [-0.2, -0.15) is 0 Å². The molecule has 0 spiro atoms. The second kappa shape index (κ2) is 5.56. The van der Waals surface area contributed by atoms with Gasteiger partial charge in [-0.1, -0.05) is 38.7 Å². The minimum absolute atomic E-state index is 0.0113. The number of Topliss-reactive ketones (excluding diaryl/α,β-unsaturated/α-hetero) is 1. The van der Waals surface area contributed by atoms with E-state index in [1.54, 1.807) is 13.0 Å². The summed E-state index contributed by atoms with van der Waals surface area (Å²) in [5, 5.41) is 22.7. The van der Waals surface area contributed by atoms with Crippen molar-refractivity contribution >= 4 is 5.78 Å². The molecular formula is C20H32O3. The first kappa shape index (κ1) is 18.4. The first-order valence-electron chi connectivity index (χ1n) is 8.71. The molecule has 0 radical (unpaired) electrons. The monoisotopic (exact) mass is 320 g/mol. The highest BCUT2D eigenvalue weighted by molar-refractivity contribution is 5.87. The van der Waals surface area contributed by atoms with E-state index in [4.69, 9.17) is 0 Å². The molecule has 2 N–H and O–H groups in total. The van der Waals surface area contributed by atoms with Crippen LogP contribution in [0.2, 0.25) is 0 Å². The number of aliphatic hydroxyl groups is 2. The fraction of sp³-hybridized carbons (Fsp3) is 0.750. The van der Waals surface area contributed by atoms with Crippen molar-refractivity contribution in [3.05, 3.63) is 24.8 Å². The van der Waals surface area contributed by atoms with Gasteiger partial charge in [0.25, 0.3) is 0 Å². The molecule has 0 aliphatic heterocycles. The molecule has 2 aliphatic carbocycles. The van der Waals surface area contributed by atoms with Crippen LogP contribution in [0.15, 0.2) is 24.8 Å². The summed E-state index contributed by atoms with van der Waals surface area (Å²) < 4.78 is 0. The van der Waals surface area contributed by atoms with Crippen LogP contribution in [0.3, 0.4) is 0 Å². The highest BCUT2D eigenvalue weighted by Gasteiger charge is 2.69. The minimum atomic E-state index is -1.44. The van der Waals surface area contributed by atoms with E-state index < -0.39 is 16.6 Å². The summed E-state index contributed by atoms with van der Waals surface area (Å²) in [4.78, 5) is 12.9. The number of hydrogen-bond acceptors (Lipinski definition) is 3. The van der Waals surface area contributed by atoms with Crippen LogP contribution in [0.4, 0.5) is 0 Å². The molecule has 0 aromatic rings. The van der Waals surface area contributed by atoms with Crippen LogP contribution in [0, 0.1) is 16.7 Å². The summed E-state index contributed by atoms with van der Waals surface area (Å²) in [5.74, 6) is 0.173. The molecule has 2 fully saturated rings. The number of allylic oxidation sites excluding steroid dienone is 2. The van der Waals surface area contributed by atoms with E-state index >= 15 is 0 Å². The van der Waals surface area contributed by atoms with Gasteiger partial charge >= 0.3 is 0 Å². The largest absolute Gasteiger partial charge is 0.387 e. The van der Waals surface area contributed by atoms with E-state index in [9.17, 15) is 15.0 Å². The fourth-order valence-corrected chi connectivity index (χ4v) is 5.21. The van der Waals surface area contributed by atoms with Gasteiger partial charge in [-0.3, -0.25) is 4.79 Å². The van der Waals surface area contributed by atoms with E-state index in [2.05, 4.69) is 27.0 Å². The van der Waals surface area contributed by atoms with Crippen molar-refractivity contribution in [2.45, 2.75) is 77.4 Å². The maximum Gasteiger partial charge on any atom is 0.142 e. The zero-order valence-electron chi connectivity index (χ0n) is 15.1. The van der Waals surface area contributed by atoms with Crippen molar-refractivity contribution < 1.29 is 15.0 Å². The summed E-state index contributed by atoms with van der Waals surface area (Å²) in [6, 6.07) is 0. The van der Waals surface area contributed by atoms with Gasteiger partial charge in [-0.25, -0.2) is 0 Å². The number of hydrogen-bond donors (Lipinski definition) is 2. The fourth-order valence-electron chi connectivity index (χ4n) is 5.21. The van der Waals surface area contributed by atoms with E-state index in [1.807, 2.05) is 6.92 Å². The zero-order valence-corrected chi connectivity index (χ0v) is 15.1. The zero-order chi connectivity index (χ0) is 17.7. The molecule has 2 saturated carbocycles. The molecule has 130 valence electrons. The predicted octanol–water partition coefficient (Wildman–Crippen LogP) is 3.80. The maximum absolute atomic E-state index is 12.9. The molecule has 2 rings (SSSR count). The van der Waals surface area contributed by atoms with Crippen molar-refractivity contribution in [3.8, 4) is 0 Å². The lowest BCUT2D eigenvalue weighted by Gasteiger charge is -2.64. The van der Waals surface area contributed by atoms with Crippen molar-refractivity contribution in [3.63, 3.8) is 0 Å². The number of fused-ring (bicyclic) bond motifs is 1. The molecule has 0 bridgehead atoms. The third-order valence-electron chi connectivity index (χ3n) is 6.98. The molecule has 4 atom stereocenters. The van der Waals surface area contributed by atoms with Gasteiger partial charge in [-0.05, 0) is 57.3 Å². The Bertz CT molecular complexity index is 531. The molecule has 0 unspecified atom stereocenters. The molecule has 0 amide bonds. The average Bonchev–Trinajstić information content (AvgIpc) is 2.46. The van der Waals surface area contributed by atoms with Gasteiger partial charge in [0.15, 0.2) is 0 Å². The third-order valence-corrected chi connectivity index (χ3v) is 6.98. The Kier molecular flexibility index (Phi) is 4.45. The number of rotatable bonds is 4. The molecule has 23 heavy (non-hydrogen) atoms. The number of ketones is 1. The molecule has 3 nitrogen and oxygen atoms in total. The van der Waals surface area contributed by atoms with Crippen molar-refractivity contribution in [2.75, 3.05) is 0 Å². The topological polar surface area (TPSA) is 57.5 Å². The van der Waals surface area contributed by atoms with E-state index in [0.717, 1.165) is 18.4 Å². The lowest BCUT2D eigenvalue weighted by atomic mass is 9.42. The van der Waals surface area contributed by atoms with Gasteiger partial charge in [0, 0.05) is 6.42 Å². The number of carbonyl (C=O) groups is 1. The molecular weight excluding hydrogens is 288 g/mol. The molecule has 3 heteroatoms. The van der Waals surface area contributed by atoms with Gasteiger partial charge in [0.2, 0.25) is 0 Å². The van der Waals surface area contributed by atoms with E-state index in [0.29, 0.717) is 25.7 Å². The van der Waals surface area contributed by atoms with E-state index in [1.165, 1.54) is 0 Å². The van der Waals surface area contributed by atoms with Gasteiger partial charge in [-0.15, -0.1) is 0 Å². The molecule has 2 aliphatic rings. The van der Waals surface area contributed by atoms with Gasteiger partial charge in [0.05, 0.1) is 11.0 Å². The van der Waals surface area contributed by atoms with Crippen LogP contribution >= 0.6 is 0 Å². The third kappa shape index (κ3) is 2.53. The van der Waals surface area contributed by atoms with Crippen molar-refractivity contribution in [2.24, 2.45) is 16.7 Å². The summed E-state index contributed by atoms with van der Waals surface area (Å²) in [7, 11) is 0. The smallest absolute Gasteiger partial charge is 0.142 e. The van der Waals surface area contributed by atoms with E-state index in [-0.39, 0.29) is 17.1 Å². The second-order valence-corrected chi connectivity index (χ2v) is 8.70. The maximum atomic E-state index is 12.9. The second-order valence-electron chi connectivity index (χ2n) is 8.70. The summed E-state index contributed by atoms with van der Waals surface area (Å²) in [5.41, 5.74) is -2.82.